The quantitative estimate of drug-likeness (QED) is 0.731. The van der Waals surface area contributed by atoms with Gasteiger partial charge in [-0.3, -0.25) is 4.79 Å². The fourth-order valence-electron chi connectivity index (χ4n) is 5.10. The summed E-state index contributed by atoms with van der Waals surface area (Å²) in [5.74, 6) is -0.977. The van der Waals surface area contributed by atoms with Crippen LogP contribution >= 0.6 is 0 Å². The van der Waals surface area contributed by atoms with Gasteiger partial charge in [0.25, 0.3) is 0 Å². The average Bonchev–Trinajstić information content (AvgIpc) is 3.55. The third-order valence-electron chi connectivity index (χ3n) is 6.57. The second-order valence-electron chi connectivity index (χ2n) is 8.89. The summed E-state index contributed by atoms with van der Waals surface area (Å²) >= 11 is 0. The number of ether oxygens (including phenoxy) is 1. The standard InChI is InChI=1S/C23H30FN3O4/c1-5-25-18-12(2)9-26(10-13(18)3)20-17(24)8-15-19(22(20)31-4)27(14-6-7-14)11-16(21(15)28)23(29)30/h8,11-14,18,25H,5-7,9-10H2,1-4H3,(H,29,30). The highest BCUT2D eigenvalue weighted by Gasteiger charge is 2.36. The van der Waals surface area contributed by atoms with E-state index in [0.29, 0.717) is 47.9 Å². The van der Waals surface area contributed by atoms with Crippen LogP contribution in [0.25, 0.3) is 10.9 Å². The topological polar surface area (TPSA) is 83.8 Å². The number of methoxy groups -OCH3 is 1. The van der Waals surface area contributed by atoms with Crippen LogP contribution < -0.4 is 20.4 Å². The van der Waals surface area contributed by atoms with E-state index in [1.54, 1.807) is 4.57 Å². The zero-order chi connectivity index (χ0) is 22.4. The Bertz CT molecular complexity index is 1070. The van der Waals surface area contributed by atoms with Crippen LogP contribution in [-0.4, -0.2) is 48.4 Å². The molecule has 0 amide bonds. The van der Waals surface area contributed by atoms with Crippen LogP contribution in [0.5, 0.6) is 5.75 Å². The summed E-state index contributed by atoms with van der Waals surface area (Å²) < 4.78 is 23.0. The van der Waals surface area contributed by atoms with Crippen molar-refractivity contribution in [3.63, 3.8) is 0 Å². The Labute approximate surface area is 180 Å². The maximum absolute atomic E-state index is 15.5. The minimum atomic E-state index is -1.31. The molecule has 1 aromatic carbocycles. The largest absolute Gasteiger partial charge is 0.492 e. The maximum atomic E-state index is 15.5. The van der Waals surface area contributed by atoms with Gasteiger partial charge in [0.15, 0.2) is 11.6 Å². The van der Waals surface area contributed by atoms with Crippen LogP contribution in [0.1, 0.15) is 50.0 Å². The van der Waals surface area contributed by atoms with E-state index in [4.69, 9.17) is 4.74 Å². The monoisotopic (exact) mass is 431 g/mol. The number of fused-ring (bicyclic) bond motifs is 1. The van der Waals surface area contributed by atoms with Gasteiger partial charge in [0, 0.05) is 31.4 Å². The molecule has 2 atom stereocenters. The van der Waals surface area contributed by atoms with Crippen LogP contribution in [0.3, 0.4) is 0 Å². The second kappa shape index (κ2) is 8.15. The van der Waals surface area contributed by atoms with E-state index in [2.05, 4.69) is 26.1 Å². The number of aromatic carboxylic acids is 1. The Morgan fingerprint density at radius 2 is 1.94 bits per heavy atom. The van der Waals surface area contributed by atoms with E-state index in [1.165, 1.54) is 19.4 Å². The molecular formula is C23H30FN3O4. The number of hydrogen-bond donors (Lipinski definition) is 2. The van der Waals surface area contributed by atoms with E-state index >= 15 is 4.39 Å². The van der Waals surface area contributed by atoms with Crippen molar-refractivity contribution < 1.29 is 19.0 Å². The Morgan fingerprint density at radius 3 is 2.45 bits per heavy atom. The van der Waals surface area contributed by atoms with Crippen molar-refractivity contribution in [2.45, 2.75) is 45.7 Å². The molecule has 1 aromatic heterocycles. The van der Waals surface area contributed by atoms with Gasteiger partial charge in [-0.25, -0.2) is 9.18 Å². The molecule has 2 aromatic rings. The number of anilines is 1. The summed E-state index contributed by atoms with van der Waals surface area (Å²) in [7, 11) is 1.47. The highest BCUT2D eigenvalue weighted by atomic mass is 19.1. The molecule has 1 aliphatic carbocycles. The Hall–Kier alpha value is -2.61. The number of nitrogens with one attached hydrogen (secondary N) is 1. The molecule has 2 N–H and O–H groups in total. The molecule has 31 heavy (non-hydrogen) atoms. The normalized spacial score (nSPS) is 23.9. The van der Waals surface area contributed by atoms with Gasteiger partial charge in [0.1, 0.15) is 11.3 Å². The van der Waals surface area contributed by atoms with Crippen LogP contribution in [0.4, 0.5) is 10.1 Å². The smallest absolute Gasteiger partial charge is 0.341 e. The number of carboxylic acids is 1. The molecule has 168 valence electrons. The summed E-state index contributed by atoms with van der Waals surface area (Å²) in [6.45, 7) is 8.58. The molecule has 2 fully saturated rings. The fourth-order valence-corrected chi connectivity index (χ4v) is 5.10. The van der Waals surface area contributed by atoms with Crippen molar-refractivity contribution in [3.05, 3.63) is 33.9 Å². The summed E-state index contributed by atoms with van der Waals surface area (Å²) in [5.41, 5.74) is -0.205. The number of carboxylic acid groups (broad SMARTS) is 1. The third kappa shape index (κ3) is 3.67. The first-order valence-corrected chi connectivity index (χ1v) is 10.9. The number of benzene rings is 1. The predicted molar refractivity (Wildman–Crippen MR) is 118 cm³/mol. The van der Waals surface area contributed by atoms with Crippen LogP contribution in [0.15, 0.2) is 17.1 Å². The van der Waals surface area contributed by atoms with Gasteiger partial charge in [-0.2, -0.15) is 0 Å². The van der Waals surface area contributed by atoms with E-state index in [-0.39, 0.29) is 17.0 Å². The molecule has 0 bridgehead atoms. The van der Waals surface area contributed by atoms with Crippen molar-refractivity contribution in [2.75, 3.05) is 31.6 Å². The predicted octanol–water partition coefficient (Wildman–Crippen LogP) is 3.25. The Morgan fingerprint density at radius 1 is 1.29 bits per heavy atom. The molecule has 0 radical (unpaired) electrons. The van der Waals surface area contributed by atoms with Crippen molar-refractivity contribution in [1.29, 1.82) is 0 Å². The molecule has 0 spiro atoms. The van der Waals surface area contributed by atoms with Gasteiger partial charge in [0.2, 0.25) is 5.43 Å². The number of hydrogen-bond acceptors (Lipinski definition) is 5. The lowest BCUT2D eigenvalue weighted by molar-refractivity contribution is 0.0695. The summed E-state index contributed by atoms with van der Waals surface area (Å²) in [5, 5.41) is 13.1. The van der Waals surface area contributed by atoms with Gasteiger partial charge in [-0.1, -0.05) is 20.8 Å². The lowest BCUT2D eigenvalue weighted by Gasteiger charge is -2.43. The van der Waals surface area contributed by atoms with Gasteiger partial charge in [-0.05, 0) is 37.3 Å². The molecule has 7 nitrogen and oxygen atoms in total. The Kier molecular flexibility index (Phi) is 5.68. The molecule has 1 saturated carbocycles. The van der Waals surface area contributed by atoms with Crippen molar-refractivity contribution >= 4 is 22.6 Å². The number of piperidine rings is 1. The lowest BCUT2D eigenvalue weighted by atomic mass is 9.85. The number of aromatic nitrogens is 1. The highest BCUT2D eigenvalue weighted by molar-refractivity contribution is 5.97. The zero-order valence-corrected chi connectivity index (χ0v) is 18.4. The van der Waals surface area contributed by atoms with Gasteiger partial charge < -0.3 is 24.6 Å². The lowest BCUT2D eigenvalue weighted by Crippen LogP contribution is -2.53. The van der Waals surface area contributed by atoms with Gasteiger partial charge >= 0.3 is 5.97 Å². The van der Waals surface area contributed by atoms with E-state index in [0.717, 1.165) is 19.4 Å². The van der Waals surface area contributed by atoms with E-state index in [1.807, 2.05) is 4.90 Å². The first-order chi connectivity index (χ1) is 14.8. The van der Waals surface area contributed by atoms with Gasteiger partial charge in [0.05, 0.1) is 18.0 Å². The molecule has 8 heteroatoms. The molecule has 2 unspecified atom stereocenters. The molecule has 4 rings (SSSR count). The molecule has 2 aliphatic rings. The number of carbonyl (C=O) groups is 1. The average molecular weight is 432 g/mol. The van der Waals surface area contributed by atoms with Crippen molar-refractivity contribution in [2.24, 2.45) is 11.8 Å². The van der Waals surface area contributed by atoms with E-state index in [9.17, 15) is 14.7 Å². The Balaban J connectivity index is 1.91. The number of halogens is 1. The van der Waals surface area contributed by atoms with Crippen LogP contribution in [-0.2, 0) is 0 Å². The number of rotatable bonds is 6. The third-order valence-corrected chi connectivity index (χ3v) is 6.57. The minimum absolute atomic E-state index is 0.0496. The first-order valence-electron chi connectivity index (χ1n) is 10.9. The zero-order valence-electron chi connectivity index (χ0n) is 18.4. The highest BCUT2D eigenvalue weighted by Crippen LogP contribution is 2.44. The molecule has 1 aliphatic heterocycles. The summed E-state index contributed by atoms with van der Waals surface area (Å²) in [6, 6.07) is 1.62. The molecule has 1 saturated heterocycles. The van der Waals surface area contributed by atoms with Crippen LogP contribution in [0, 0.1) is 17.7 Å². The maximum Gasteiger partial charge on any atom is 0.341 e. The molecule has 2 heterocycles. The SMILES string of the molecule is CCNC1C(C)CN(c2c(F)cc3c(=O)c(C(=O)O)cn(C4CC4)c3c2OC)CC1C. The first kappa shape index (κ1) is 21.6. The minimum Gasteiger partial charge on any atom is -0.492 e. The fraction of sp³-hybridized carbons (Fsp3) is 0.565. The summed E-state index contributed by atoms with van der Waals surface area (Å²) in [4.78, 5) is 26.5. The second-order valence-corrected chi connectivity index (χ2v) is 8.89. The number of nitrogens with zero attached hydrogens (tertiary/aromatic N) is 2. The van der Waals surface area contributed by atoms with Crippen molar-refractivity contribution in [3.8, 4) is 5.75 Å². The molecular weight excluding hydrogens is 401 g/mol. The summed E-state index contributed by atoms with van der Waals surface area (Å²) in [6.07, 6.45) is 3.15. The van der Waals surface area contributed by atoms with Crippen molar-refractivity contribution in [1.82, 2.24) is 9.88 Å². The van der Waals surface area contributed by atoms with Gasteiger partial charge in [-0.15, -0.1) is 0 Å². The van der Waals surface area contributed by atoms with Crippen LogP contribution in [0.2, 0.25) is 0 Å². The number of pyridine rings is 1. The van der Waals surface area contributed by atoms with E-state index < -0.39 is 17.2 Å².